The van der Waals surface area contributed by atoms with E-state index in [0.29, 0.717) is 11.3 Å². The Kier molecular flexibility index (Phi) is 3.69. The van der Waals surface area contributed by atoms with Gasteiger partial charge < -0.3 is 5.32 Å². The second-order valence-corrected chi connectivity index (χ2v) is 4.55. The Hall–Kier alpha value is -2.05. The molecule has 1 aromatic heterocycles. The molecular formula is C13H13F4N3. The van der Waals surface area contributed by atoms with Crippen LogP contribution < -0.4 is 5.32 Å². The van der Waals surface area contributed by atoms with E-state index >= 15 is 0 Å². The quantitative estimate of drug-likeness (QED) is 0.692. The predicted molar refractivity (Wildman–Crippen MR) is 66.3 cm³/mol. The number of anilines is 1. The zero-order chi connectivity index (χ0) is 15.0. The van der Waals surface area contributed by atoms with Crippen molar-refractivity contribution in [3.63, 3.8) is 0 Å². The number of nitrogens with zero attached hydrogens (tertiary/aromatic N) is 2. The van der Waals surface area contributed by atoms with Crippen LogP contribution in [-0.2, 0) is 7.05 Å². The minimum Gasteiger partial charge on any atom is -0.373 e. The Balaban J connectivity index is 2.37. The summed E-state index contributed by atoms with van der Waals surface area (Å²) in [5, 5.41) is 6.54. The molecule has 2 rings (SSSR count). The first kappa shape index (κ1) is 14.4. The van der Waals surface area contributed by atoms with Gasteiger partial charge in [-0.2, -0.15) is 5.10 Å². The molecule has 0 spiro atoms. The molecule has 20 heavy (non-hydrogen) atoms. The van der Waals surface area contributed by atoms with Crippen LogP contribution in [0.15, 0.2) is 12.3 Å². The zero-order valence-corrected chi connectivity index (χ0v) is 11.1. The van der Waals surface area contributed by atoms with Gasteiger partial charge in [-0.15, -0.1) is 0 Å². The van der Waals surface area contributed by atoms with Gasteiger partial charge >= 0.3 is 0 Å². The highest BCUT2D eigenvalue weighted by atomic mass is 19.2. The summed E-state index contributed by atoms with van der Waals surface area (Å²) in [5.41, 5.74) is 0.513. The first-order valence-electron chi connectivity index (χ1n) is 5.91. The monoisotopic (exact) mass is 287 g/mol. The number of aryl methyl sites for hydroxylation is 2. The smallest absolute Gasteiger partial charge is 0.185 e. The standard InChI is InChI=1S/C13H13F4N3/c1-6(8-5-20(3)19-7(8)2)18-13-11(16)9(14)4-10(15)12(13)17/h4-6,18H,1-3H3. The second-order valence-electron chi connectivity index (χ2n) is 4.55. The molecule has 7 heteroatoms. The van der Waals surface area contributed by atoms with Gasteiger partial charge in [0.1, 0.15) is 5.69 Å². The number of hydrogen-bond donors (Lipinski definition) is 1. The molecule has 2 aromatic rings. The van der Waals surface area contributed by atoms with Gasteiger partial charge in [-0.05, 0) is 13.8 Å². The molecule has 1 unspecified atom stereocenters. The van der Waals surface area contributed by atoms with Crippen molar-refractivity contribution in [1.29, 1.82) is 0 Å². The Labute approximate surface area is 113 Å². The number of aromatic nitrogens is 2. The van der Waals surface area contributed by atoms with Crippen LogP contribution in [0, 0.1) is 30.2 Å². The third-order valence-electron chi connectivity index (χ3n) is 2.99. The molecule has 0 saturated carbocycles. The van der Waals surface area contributed by atoms with Gasteiger partial charge in [0.05, 0.1) is 11.7 Å². The van der Waals surface area contributed by atoms with Crippen molar-refractivity contribution in [1.82, 2.24) is 9.78 Å². The van der Waals surface area contributed by atoms with Crippen molar-refractivity contribution in [2.75, 3.05) is 5.32 Å². The van der Waals surface area contributed by atoms with E-state index in [1.54, 1.807) is 31.8 Å². The summed E-state index contributed by atoms with van der Waals surface area (Å²) in [5.74, 6) is -5.78. The average molecular weight is 287 g/mol. The third kappa shape index (κ3) is 2.48. The van der Waals surface area contributed by atoms with Gasteiger partial charge in [0.15, 0.2) is 23.3 Å². The highest BCUT2D eigenvalue weighted by molar-refractivity contribution is 5.49. The number of nitrogens with one attached hydrogen (secondary N) is 1. The van der Waals surface area contributed by atoms with Crippen LogP contribution in [0.2, 0.25) is 0 Å². The average Bonchev–Trinajstić information content (AvgIpc) is 2.71. The summed E-state index contributed by atoms with van der Waals surface area (Å²) >= 11 is 0. The van der Waals surface area contributed by atoms with Crippen LogP contribution in [0.3, 0.4) is 0 Å². The fourth-order valence-corrected chi connectivity index (χ4v) is 2.04. The molecule has 108 valence electrons. The topological polar surface area (TPSA) is 29.9 Å². The predicted octanol–water partition coefficient (Wildman–Crippen LogP) is 3.46. The molecule has 1 aromatic carbocycles. The molecule has 1 atom stereocenters. The molecule has 0 amide bonds. The van der Waals surface area contributed by atoms with Crippen LogP contribution in [0.5, 0.6) is 0 Å². The minimum atomic E-state index is -1.45. The maximum absolute atomic E-state index is 13.6. The summed E-state index contributed by atoms with van der Waals surface area (Å²) in [6.45, 7) is 3.35. The van der Waals surface area contributed by atoms with Crippen LogP contribution >= 0.6 is 0 Å². The van der Waals surface area contributed by atoms with Crippen molar-refractivity contribution in [2.24, 2.45) is 7.05 Å². The molecule has 0 radical (unpaired) electrons. The summed E-state index contributed by atoms with van der Waals surface area (Å²) in [6.07, 6.45) is 1.67. The molecular weight excluding hydrogens is 274 g/mol. The van der Waals surface area contributed by atoms with Gasteiger partial charge in [-0.25, -0.2) is 17.6 Å². The Morgan fingerprint density at radius 1 is 1.15 bits per heavy atom. The van der Waals surface area contributed by atoms with Crippen molar-refractivity contribution in [2.45, 2.75) is 19.9 Å². The van der Waals surface area contributed by atoms with E-state index in [1.807, 2.05) is 0 Å². The molecule has 1 heterocycles. The summed E-state index contributed by atoms with van der Waals surface area (Å²) < 4.78 is 54.9. The molecule has 0 bridgehead atoms. The lowest BCUT2D eigenvalue weighted by molar-refractivity contribution is 0.457. The van der Waals surface area contributed by atoms with Gasteiger partial charge in [-0.3, -0.25) is 4.68 Å². The van der Waals surface area contributed by atoms with Crippen LogP contribution in [0.25, 0.3) is 0 Å². The van der Waals surface area contributed by atoms with Gasteiger partial charge in [0.2, 0.25) is 0 Å². The van der Waals surface area contributed by atoms with Crippen LogP contribution in [0.4, 0.5) is 23.2 Å². The maximum Gasteiger partial charge on any atom is 0.185 e. The Morgan fingerprint density at radius 3 is 2.15 bits per heavy atom. The molecule has 0 aliphatic rings. The fraction of sp³-hybridized carbons (Fsp3) is 0.308. The number of benzene rings is 1. The minimum absolute atomic E-state index is 0.176. The van der Waals surface area contributed by atoms with Gasteiger partial charge in [0.25, 0.3) is 0 Å². The molecule has 3 nitrogen and oxygen atoms in total. The van der Waals surface area contributed by atoms with E-state index < -0.39 is 35.0 Å². The van der Waals surface area contributed by atoms with Crippen molar-refractivity contribution in [3.05, 3.63) is 46.8 Å². The Morgan fingerprint density at radius 2 is 1.70 bits per heavy atom. The lowest BCUT2D eigenvalue weighted by atomic mass is 10.1. The first-order valence-corrected chi connectivity index (χ1v) is 5.91. The van der Waals surface area contributed by atoms with E-state index in [1.165, 1.54) is 0 Å². The highest BCUT2D eigenvalue weighted by Gasteiger charge is 2.22. The van der Waals surface area contributed by atoms with E-state index in [0.717, 1.165) is 0 Å². The fourth-order valence-electron chi connectivity index (χ4n) is 2.04. The van der Waals surface area contributed by atoms with E-state index in [2.05, 4.69) is 10.4 Å². The first-order chi connectivity index (χ1) is 9.31. The normalized spacial score (nSPS) is 12.6. The maximum atomic E-state index is 13.6. The SMILES string of the molecule is Cc1nn(C)cc1C(C)Nc1c(F)c(F)cc(F)c1F. The number of rotatable bonds is 3. The zero-order valence-electron chi connectivity index (χ0n) is 11.1. The lowest BCUT2D eigenvalue weighted by Gasteiger charge is -2.16. The molecule has 0 aliphatic heterocycles. The second kappa shape index (κ2) is 5.15. The highest BCUT2D eigenvalue weighted by Crippen LogP contribution is 2.28. The largest absolute Gasteiger partial charge is 0.373 e. The Bertz CT molecular complexity index is 625. The summed E-state index contributed by atoms with van der Waals surface area (Å²) in [7, 11) is 1.70. The molecule has 0 saturated heterocycles. The lowest BCUT2D eigenvalue weighted by Crippen LogP contribution is -2.12. The summed E-state index contributed by atoms with van der Waals surface area (Å²) in [4.78, 5) is 0. The van der Waals surface area contributed by atoms with Gasteiger partial charge in [-0.1, -0.05) is 0 Å². The van der Waals surface area contributed by atoms with Gasteiger partial charge in [0, 0.05) is 24.9 Å². The molecule has 0 fully saturated rings. The number of hydrogen-bond acceptors (Lipinski definition) is 2. The number of halogens is 4. The van der Waals surface area contributed by atoms with E-state index in [-0.39, 0.29) is 6.07 Å². The third-order valence-corrected chi connectivity index (χ3v) is 2.99. The molecule has 0 aliphatic carbocycles. The molecule has 1 N–H and O–H groups in total. The van der Waals surface area contributed by atoms with Crippen molar-refractivity contribution in [3.8, 4) is 0 Å². The van der Waals surface area contributed by atoms with Crippen LogP contribution in [0.1, 0.15) is 24.2 Å². The van der Waals surface area contributed by atoms with Crippen molar-refractivity contribution >= 4 is 5.69 Å². The van der Waals surface area contributed by atoms with E-state index in [4.69, 9.17) is 0 Å². The van der Waals surface area contributed by atoms with Crippen molar-refractivity contribution < 1.29 is 17.6 Å². The summed E-state index contributed by atoms with van der Waals surface area (Å²) in [6, 6.07) is -0.385. The van der Waals surface area contributed by atoms with Crippen LogP contribution in [-0.4, -0.2) is 9.78 Å². The van der Waals surface area contributed by atoms with E-state index in [9.17, 15) is 17.6 Å².